The first kappa shape index (κ1) is 16.0. The third kappa shape index (κ3) is 4.60. The van der Waals surface area contributed by atoms with E-state index in [9.17, 15) is 9.59 Å². The van der Waals surface area contributed by atoms with Crippen LogP contribution in [0.2, 0.25) is 5.02 Å². The summed E-state index contributed by atoms with van der Waals surface area (Å²) in [5, 5.41) is 16.0. The second-order valence-electron chi connectivity index (χ2n) is 5.02. The molecule has 2 rings (SSSR count). The first-order valence-corrected chi connectivity index (χ1v) is 7.12. The van der Waals surface area contributed by atoms with Gasteiger partial charge >= 0.3 is 5.97 Å². The van der Waals surface area contributed by atoms with E-state index in [1.807, 2.05) is 25.1 Å². The van der Waals surface area contributed by atoms with Gasteiger partial charge in [0.15, 0.2) is 5.82 Å². The van der Waals surface area contributed by atoms with E-state index in [4.69, 9.17) is 16.7 Å². The van der Waals surface area contributed by atoms with Gasteiger partial charge in [0.05, 0.1) is 0 Å². The SMILES string of the molecule is CC(Cc1cccc(Cl)c1)C(=O)Nc1ccn(CC(=O)O)n1. The van der Waals surface area contributed by atoms with Crippen LogP contribution in [0.15, 0.2) is 36.5 Å². The summed E-state index contributed by atoms with van der Waals surface area (Å²) >= 11 is 5.92. The maximum absolute atomic E-state index is 12.1. The van der Waals surface area contributed by atoms with Crippen LogP contribution < -0.4 is 5.32 Å². The molecule has 0 aliphatic rings. The molecule has 0 saturated carbocycles. The van der Waals surface area contributed by atoms with Crippen molar-refractivity contribution in [3.8, 4) is 0 Å². The summed E-state index contributed by atoms with van der Waals surface area (Å²) in [5.41, 5.74) is 0.978. The number of amides is 1. The minimum Gasteiger partial charge on any atom is -0.480 e. The van der Waals surface area contributed by atoms with Crippen molar-refractivity contribution in [3.63, 3.8) is 0 Å². The highest BCUT2D eigenvalue weighted by molar-refractivity contribution is 6.30. The molecular formula is C15H16ClN3O3. The van der Waals surface area contributed by atoms with Crippen molar-refractivity contribution in [2.75, 3.05) is 5.32 Å². The number of carboxylic acids is 1. The Hall–Kier alpha value is -2.34. The Balaban J connectivity index is 1.93. The molecule has 22 heavy (non-hydrogen) atoms. The van der Waals surface area contributed by atoms with Crippen molar-refractivity contribution >= 4 is 29.3 Å². The van der Waals surface area contributed by atoms with Crippen LogP contribution in [-0.2, 0) is 22.6 Å². The van der Waals surface area contributed by atoms with Gasteiger partial charge in [-0.1, -0.05) is 30.7 Å². The van der Waals surface area contributed by atoms with Gasteiger partial charge in [0.1, 0.15) is 6.54 Å². The van der Waals surface area contributed by atoms with Gasteiger partial charge in [-0.05, 0) is 24.1 Å². The number of aromatic nitrogens is 2. The first-order chi connectivity index (χ1) is 10.4. The number of nitrogens with zero attached hydrogens (tertiary/aromatic N) is 2. The summed E-state index contributed by atoms with van der Waals surface area (Å²) in [6.07, 6.45) is 2.06. The fourth-order valence-electron chi connectivity index (χ4n) is 2.01. The highest BCUT2D eigenvalue weighted by Gasteiger charge is 2.15. The summed E-state index contributed by atoms with van der Waals surface area (Å²) < 4.78 is 1.25. The molecule has 6 nitrogen and oxygen atoms in total. The lowest BCUT2D eigenvalue weighted by Gasteiger charge is -2.11. The Kier molecular flexibility index (Phi) is 5.16. The molecule has 2 aromatic rings. The van der Waals surface area contributed by atoms with E-state index in [0.717, 1.165) is 5.56 Å². The van der Waals surface area contributed by atoms with E-state index in [-0.39, 0.29) is 18.4 Å². The second-order valence-corrected chi connectivity index (χ2v) is 5.45. The molecule has 1 atom stereocenters. The van der Waals surface area contributed by atoms with Crippen LogP contribution in [0.4, 0.5) is 5.82 Å². The molecule has 2 N–H and O–H groups in total. The van der Waals surface area contributed by atoms with Gasteiger partial charge in [-0.25, -0.2) is 0 Å². The summed E-state index contributed by atoms with van der Waals surface area (Å²) in [7, 11) is 0. The average Bonchev–Trinajstić information content (AvgIpc) is 2.85. The smallest absolute Gasteiger partial charge is 0.325 e. The topological polar surface area (TPSA) is 84.2 Å². The van der Waals surface area contributed by atoms with Crippen LogP contribution in [-0.4, -0.2) is 26.8 Å². The van der Waals surface area contributed by atoms with Crippen LogP contribution in [0.3, 0.4) is 0 Å². The predicted octanol–water partition coefficient (Wildman–Crippen LogP) is 2.44. The molecule has 1 amide bonds. The number of rotatable bonds is 6. The van der Waals surface area contributed by atoms with Gasteiger partial charge in [-0.2, -0.15) is 5.10 Å². The molecule has 1 unspecified atom stereocenters. The fourth-order valence-corrected chi connectivity index (χ4v) is 2.23. The fraction of sp³-hybridized carbons (Fsp3) is 0.267. The number of aliphatic carboxylic acids is 1. The second kappa shape index (κ2) is 7.09. The summed E-state index contributed by atoms with van der Waals surface area (Å²) in [5.74, 6) is -1.09. The lowest BCUT2D eigenvalue weighted by atomic mass is 10.0. The molecule has 0 bridgehead atoms. The molecule has 0 radical (unpaired) electrons. The Labute approximate surface area is 132 Å². The maximum Gasteiger partial charge on any atom is 0.325 e. The van der Waals surface area contributed by atoms with Gasteiger partial charge in [0.25, 0.3) is 0 Å². The maximum atomic E-state index is 12.1. The van der Waals surface area contributed by atoms with Crippen molar-refractivity contribution in [3.05, 3.63) is 47.1 Å². The number of anilines is 1. The number of carbonyl (C=O) groups is 2. The van der Waals surface area contributed by atoms with Crippen molar-refractivity contribution in [2.45, 2.75) is 19.9 Å². The van der Waals surface area contributed by atoms with E-state index in [0.29, 0.717) is 17.3 Å². The van der Waals surface area contributed by atoms with E-state index in [2.05, 4.69) is 10.4 Å². The zero-order valence-electron chi connectivity index (χ0n) is 12.0. The number of nitrogens with one attached hydrogen (secondary N) is 1. The van der Waals surface area contributed by atoms with E-state index < -0.39 is 5.97 Å². The Morgan fingerprint density at radius 2 is 2.18 bits per heavy atom. The third-order valence-corrected chi connectivity index (χ3v) is 3.30. The van der Waals surface area contributed by atoms with Gasteiger partial charge in [-0.3, -0.25) is 14.3 Å². The van der Waals surface area contributed by atoms with Crippen molar-refractivity contribution in [1.29, 1.82) is 0 Å². The number of hydrogen-bond acceptors (Lipinski definition) is 3. The van der Waals surface area contributed by atoms with Crippen LogP contribution >= 0.6 is 11.6 Å². The highest BCUT2D eigenvalue weighted by Crippen LogP contribution is 2.15. The standard InChI is InChI=1S/C15H16ClN3O3/c1-10(7-11-3-2-4-12(16)8-11)15(22)17-13-5-6-19(18-13)9-14(20)21/h2-6,8,10H,7,9H2,1H3,(H,20,21)(H,17,18,22). The normalized spacial score (nSPS) is 11.9. The number of halogens is 1. The Bertz CT molecular complexity index is 684. The number of benzene rings is 1. The van der Waals surface area contributed by atoms with Gasteiger partial charge < -0.3 is 10.4 Å². The molecule has 116 valence electrons. The van der Waals surface area contributed by atoms with Crippen LogP contribution in [0.1, 0.15) is 12.5 Å². The summed E-state index contributed by atoms with van der Waals surface area (Å²) in [6.45, 7) is 1.57. The number of carboxylic acid groups (broad SMARTS) is 1. The van der Waals surface area contributed by atoms with Crippen molar-refractivity contribution < 1.29 is 14.7 Å². The van der Waals surface area contributed by atoms with E-state index in [1.54, 1.807) is 12.1 Å². The molecule has 0 aliphatic heterocycles. The lowest BCUT2D eigenvalue weighted by molar-refractivity contribution is -0.137. The van der Waals surface area contributed by atoms with Gasteiger partial charge in [0.2, 0.25) is 5.91 Å². The summed E-state index contributed by atoms with van der Waals surface area (Å²) in [6, 6.07) is 8.93. The number of carbonyl (C=O) groups excluding carboxylic acids is 1. The zero-order valence-corrected chi connectivity index (χ0v) is 12.7. The van der Waals surface area contributed by atoms with Crippen LogP contribution in [0.25, 0.3) is 0 Å². The van der Waals surface area contributed by atoms with Crippen LogP contribution in [0, 0.1) is 5.92 Å². The molecule has 1 heterocycles. The lowest BCUT2D eigenvalue weighted by Crippen LogP contribution is -2.22. The van der Waals surface area contributed by atoms with E-state index in [1.165, 1.54) is 10.9 Å². The molecule has 1 aromatic carbocycles. The predicted molar refractivity (Wildman–Crippen MR) is 82.8 cm³/mol. The first-order valence-electron chi connectivity index (χ1n) is 6.74. The molecule has 7 heteroatoms. The largest absolute Gasteiger partial charge is 0.480 e. The quantitative estimate of drug-likeness (QED) is 0.856. The minimum atomic E-state index is -0.990. The molecular weight excluding hydrogens is 306 g/mol. The molecule has 0 spiro atoms. The Morgan fingerprint density at radius 3 is 2.86 bits per heavy atom. The third-order valence-electron chi connectivity index (χ3n) is 3.07. The minimum absolute atomic E-state index is 0.180. The molecule has 1 aromatic heterocycles. The van der Waals surface area contributed by atoms with E-state index >= 15 is 0 Å². The molecule has 0 saturated heterocycles. The zero-order chi connectivity index (χ0) is 16.1. The summed E-state index contributed by atoms with van der Waals surface area (Å²) in [4.78, 5) is 22.7. The van der Waals surface area contributed by atoms with Crippen LogP contribution in [0.5, 0.6) is 0 Å². The van der Waals surface area contributed by atoms with Crippen molar-refractivity contribution in [2.24, 2.45) is 5.92 Å². The average molecular weight is 322 g/mol. The van der Waals surface area contributed by atoms with Gasteiger partial charge in [-0.15, -0.1) is 0 Å². The molecule has 0 aliphatic carbocycles. The highest BCUT2D eigenvalue weighted by atomic mass is 35.5. The van der Waals surface area contributed by atoms with Gasteiger partial charge in [0, 0.05) is 23.2 Å². The monoisotopic (exact) mass is 321 g/mol. The Morgan fingerprint density at radius 1 is 1.41 bits per heavy atom. The van der Waals surface area contributed by atoms with Crippen molar-refractivity contribution in [1.82, 2.24) is 9.78 Å². The molecule has 0 fully saturated rings. The number of hydrogen-bond donors (Lipinski definition) is 2.